The molecule has 6 heteroatoms. The molecule has 118 valence electrons. The first-order valence-electron chi connectivity index (χ1n) is 6.92. The summed E-state index contributed by atoms with van der Waals surface area (Å²) in [7, 11) is 3.05. The number of amides is 1. The summed E-state index contributed by atoms with van der Waals surface area (Å²) in [6, 6.07) is 9.34. The van der Waals surface area contributed by atoms with E-state index < -0.39 is 5.82 Å². The van der Waals surface area contributed by atoms with Gasteiger partial charge in [0.05, 0.1) is 25.5 Å². The number of methoxy groups -OCH3 is 2. The Morgan fingerprint density at radius 2 is 1.96 bits per heavy atom. The van der Waals surface area contributed by atoms with Crippen molar-refractivity contribution in [3.05, 3.63) is 54.0 Å². The highest BCUT2D eigenvalue weighted by Gasteiger charge is 2.15. The molecule has 0 saturated heterocycles. The number of rotatable bonds is 4. The van der Waals surface area contributed by atoms with Gasteiger partial charge in [-0.3, -0.25) is 4.79 Å². The van der Waals surface area contributed by atoms with Crippen LogP contribution in [-0.2, 0) is 0 Å². The van der Waals surface area contributed by atoms with Gasteiger partial charge in [0.25, 0.3) is 5.91 Å². The maximum atomic E-state index is 13.4. The molecule has 2 N–H and O–H groups in total. The highest BCUT2D eigenvalue weighted by Crippen LogP contribution is 2.30. The first-order chi connectivity index (χ1) is 11.1. The van der Waals surface area contributed by atoms with Crippen LogP contribution in [0, 0.1) is 5.82 Å². The molecule has 1 aromatic heterocycles. The Morgan fingerprint density at radius 1 is 1.13 bits per heavy atom. The fraction of sp³-hybridized carbons (Fsp3) is 0.118. The predicted molar refractivity (Wildman–Crippen MR) is 85.8 cm³/mol. The molecule has 0 unspecified atom stereocenters. The molecule has 0 aliphatic rings. The van der Waals surface area contributed by atoms with Crippen LogP contribution in [0.25, 0.3) is 10.9 Å². The van der Waals surface area contributed by atoms with Crippen LogP contribution >= 0.6 is 0 Å². The van der Waals surface area contributed by atoms with Gasteiger partial charge in [-0.15, -0.1) is 0 Å². The highest BCUT2D eigenvalue weighted by molar-refractivity contribution is 6.13. The summed E-state index contributed by atoms with van der Waals surface area (Å²) in [5.41, 5.74) is 1.51. The molecular weight excluding hydrogens is 299 g/mol. The zero-order valence-corrected chi connectivity index (χ0v) is 12.6. The molecule has 2 aromatic carbocycles. The molecule has 1 heterocycles. The van der Waals surface area contributed by atoms with Crippen molar-refractivity contribution in [3.63, 3.8) is 0 Å². The number of benzene rings is 2. The summed E-state index contributed by atoms with van der Waals surface area (Å²) < 4.78 is 23.8. The van der Waals surface area contributed by atoms with Gasteiger partial charge in [-0.25, -0.2) is 4.39 Å². The van der Waals surface area contributed by atoms with Gasteiger partial charge in [0.1, 0.15) is 17.3 Å². The second-order valence-corrected chi connectivity index (χ2v) is 4.91. The number of carbonyl (C=O) groups is 1. The Balaban J connectivity index is 1.96. The standard InChI is InChI=1S/C17H15FN2O3/c1-22-11-4-6-16(23-2)15(8-11)20-17(21)13-9-19-14-5-3-10(18)7-12(13)14/h3-9,19H,1-2H3,(H,20,21). The number of aromatic nitrogens is 1. The average molecular weight is 314 g/mol. The highest BCUT2D eigenvalue weighted by atomic mass is 19.1. The molecule has 0 fully saturated rings. The van der Waals surface area contributed by atoms with Gasteiger partial charge in [-0.2, -0.15) is 0 Å². The van der Waals surface area contributed by atoms with Crippen molar-refractivity contribution < 1.29 is 18.7 Å². The fourth-order valence-electron chi connectivity index (χ4n) is 2.38. The lowest BCUT2D eigenvalue weighted by Gasteiger charge is -2.11. The third-order valence-electron chi connectivity index (χ3n) is 3.54. The molecule has 0 aliphatic heterocycles. The van der Waals surface area contributed by atoms with E-state index in [-0.39, 0.29) is 5.91 Å². The Bertz CT molecular complexity index is 873. The summed E-state index contributed by atoms with van der Waals surface area (Å²) in [5.74, 6) is 0.328. The molecular formula is C17H15FN2O3. The zero-order chi connectivity index (χ0) is 16.4. The van der Waals surface area contributed by atoms with E-state index in [0.29, 0.717) is 33.7 Å². The largest absolute Gasteiger partial charge is 0.497 e. The Kier molecular flexibility index (Phi) is 3.89. The van der Waals surface area contributed by atoms with Crippen molar-refractivity contribution in [3.8, 4) is 11.5 Å². The summed E-state index contributed by atoms with van der Waals surface area (Å²) in [4.78, 5) is 15.5. The van der Waals surface area contributed by atoms with Crippen LogP contribution in [0.2, 0.25) is 0 Å². The van der Waals surface area contributed by atoms with E-state index in [2.05, 4.69) is 10.3 Å². The maximum Gasteiger partial charge on any atom is 0.257 e. The Morgan fingerprint density at radius 3 is 2.70 bits per heavy atom. The molecule has 0 spiro atoms. The van der Waals surface area contributed by atoms with Crippen molar-refractivity contribution in [2.24, 2.45) is 0 Å². The van der Waals surface area contributed by atoms with E-state index in [1.165, 1.54) is 26.4 Å². The quantitative estimate of drug-likeness (QED) is 0.774. The van der Waals surface area contributed by atoms with E-state index in [1.54, 1.807) is 30.5 Å². The fourth-order valence-corrected chi connectivity index (χ4v) is 2.38. The van der Waals surface area contributed by atoms with Gasteiger partial charge in [0.2, 0.25) is 0 Å². The topological polar surface area (TPSA) is 63.4 Å². The smallest absolute Gasteiger partial charge is 0.257 e. The van der Waals surface area contributed by atoms with Gasteiger partial charge >= 0.3 is 0 Å². The first kappa shape index (κ1) is 14.9. The molecule has 0 saturated carbocycles. The van der Waals surface area contributed by atoms with Crippen LogP contribution in [0.15, 0.2) is 42.6 Å². The van der Waals surface area contributed by atoms with Crippen LogP contribution < -0.4 is 14.8 Å². The maximum absolute atomic E-state index is 13.4. The lowest BCUT2D eigenvalue weighted by atomic mass is 10.1. The van der Waals surface area contributed by atoms with Crippen molar-refractivity contribution in [2.75, 3.05) is 19.5 Å². The second kappa shape index (κ2) is 6.00. The molecule has 5 nitrogen and oxygen atoms in total. The van der Waals surface area contributed by atoms with Crippen molar-refractivity contribution in [1.29, 1.82) is 0 Å². The molecule has 1 amide bonds. The van der Waals surface area contributed by atoms with E-state index in [4.69, 9.17) is 9.47 Å². The van der Waals surface area contributed by atoms with Gasteiger partial charge in [0, 0.05) is 23.2 Å². The van der Waals surface area contributed by atoms with Crippen molar-refractivity contribution in [2.45, 2.75) is 0 Å². The van der Waals surface area contributed by atoms with Gasteiger partial charge in [-0.05, 0) is 30.3 Å². The minimum atomic E-state index is -0.398. The first-order valence-corrected chi connectivity index (χ1v) is 6.92. The molecule has 0 radical (unpaired) electrons. The molecule has 3 aromatic rings. The summed E-state index contributed by atoms with van der Waals surface area (Å²) in [6.45, 7) is 0. The number of aromatic amines is 1. The van der Waals surface area contributed by atoms with E-state index in [0.717, 1.165) is 0 Å². The number of H-pyrrole nitrogens is 1. The number of fused-ring (bicyclic) bond motifs is 1. The monoisotopic (exact) mass is 314 g/mol. The van der Waals surface area contributed by atoms with Crippen LogP contribution in [-0.4, -0.2) is 25.1 Å². The minimum absolute atomic E-state index is 0.351. The number of halogens is 1. The Hall–Kier alpha value is -3.02. The number of anilines is 1. The van der Waals surface area contributed by atoms with Gasteiger partial charge in [0.15, 0.2) is 0 Å². The van der Waals surface area contributed by atoms with Crippen LogP contribution in [0.5, 0.6) is 11.5 Å². The van der Waals surface area contributed by atoms with Crippen LogP contribution in [0.4, 0.5) is 10.1 Å². The molecule has 23 heavy (non-hydrogen) atoms. The normalized spacial score (nSPS) is 10.6. The lowest BCUT2D eigenvalue weighted by molar-refractivity contribution is 0.102. The third kappa shape index (κ3) is 2.83. The molecule has 0 aliphatic carbocycles. The SMILES string of the molecule is COc1ccc(OC)c(NC(=O)c2c[nH]c3ccc(F)cc23)c1. The third-order valence-corrected chi connectivity index (χ3v) is 3.54. The van der Waals surface area contributed by atoms with Crippen LogP contribution in [0.1, 0.15) is 10.4 Å². The Labute approximate surface area is 132 Å². The molecule has 3 rings (SSSR count). The van der Waals surface area contributed by atoms with Crippen molar-refractivity contribution >= 4 is 22.5 Å². The molecule has 0 atom stereocenters. The van der Waals surface area contributed by atoms with Gasteiger partial charge < -0.3 is 19.8 Å². The summed E-state index contributed by atoms with van der Waals surface area (Å²) >= 11 is 0. The van der Waals surface area contributed by atoms with Crippen LogP contribution in [0.3, 0.4) is 0 Å². The number of nitrogens with one attached hydrogen (secondary N) is 2. The summed E-state index contributed by atoms with van der Waals surface area (Å²) in [6.07, 6.45) is 1.55. The number of hydrogen-bond acceptors (Lipinski definition) is 3. The van der Waals surface area contributed by atoms with Gasteiger partial charge in [-0.1, -0.05) is 0 Å². The summed E-state index contributed by atoms with van der Waals surface area (Å²) in [5, 5.41) is 3.28. The van der Waals surface area contributed by atoms with E-state index >= 15 is 0 Å². The minimum Gasteiger partial charge on any atom is -0.497 e. The predicted octanol–water partition coefficient (Wildman–Crippen LogP) is 3.58. The lowest BCUT2D eigenvalue weighted by Crippen LogP contribution is -2.12. The number of carbonyl (C=O) groups excluding carboxylic acids is 1. The average Bonchev–Trinajstić information content (AvgIpc) is 2.97. The van der Waals surface area contributed by atoms with E-state index in [1.807, 2.05) is 0 Å². The van der Waals surface area contributed by atoms with E-state index in [9.17, 15) is 9.18 Å². The molecule has 0 bridgehead atoms. The zero-order valence-electron chi connectivity index (χ0n) is 12.6. The second-order valence-electron chi connectivity index (χ2n) is 4.91. The number of hydrogen-bond donors (Lipinski definition) is 2. The van der Waals surface area contributed by atoms with Crippen molar-refractivity contribution in [1.82, 2.24) is 4.98 Å². The number of ether oxygens (including phenoxy) is 2.